The molecule has 2 aromatic rings. The fourth-order valence-electron chi connectivity index (χ4n) is 5.28. The van der Waals surface area contributed by atoms with Gasteiger partial charge in [0.25, 0.3) is 0 Å². The number of carboxylic acids is 1. The first kappa shape index (κ1) is 24.7. The van der Waals surface area contributed by atoms with Crippen LogP contribution in [0.3, 0.4) is 0 Å². The van der Waals surface area contributed by atoms with E-state index >= 15 is 0 Å². The molecule has 186 valence electrons. The number of fused-ring (bicyclic) bond motifs is 3. The molecule has 2 amide bonds. The van der Waals surface area contributed by atoms with Gasteiger partial charge in [-0.05, 0) is 41.0 Å². The minimum absolute atomic E-state index is 0.0136. The molecule has 3 N–H and O–H groups in total. The van der Waals surface area contributed by atoms with Crippen LogP contribution in [-0.4, -0.2) is 55.5 Å². The van der Waals surface area contributed by atoms with Gasteiger partial charge < -0.3 is 25.2 Å². The van der Waals surface area contributed by atoms with Crippen molar-refractivity contribution in [3.05, 3.63) is 59.7 Å². The van der Waals surface area contributed by atoms with Crippen molar-refractivity contribution in [3.63, 3.8) is 0 Å². The molecular formula is C27H32N2O6. The molecule has 0 spiro atoms. The van der Waals surface area contributed by atoms with Crippen molar-refractivity contribution in [1.82, 2.24) is 10.6 Å². The summed E-state index contributed by atoms with van der Waals surface area (Å²) in [5, 5.41) is 14.8. The predicted molar refractivity (Wildman–Crippen MR) is 130 cm³/mol. The number of carbonyl (C=O) groups excluding carboxylic acids is 2. The summed E-state index contributed by atoms with van der Waals surface area (Å²) in [5.41, 5.74) is 4.48. The first-order valence-corrected chi connectivity index (χ1v) is 12.1. The Morgan fingerprint density at radius 3 is 2.26 bits per heavy atom. The van der Waals surface area contributed by atoms with Crippen molar-refractivity contribution in [2.45, 2.75) is 50.1 Å². The van der Waals surface area contributed by atoms with Gasteiger partial charge in [-0.2, -0.15) is 0 Å². The van der Waals surface area contributed by atoms with Crippen LogP contribution in [0.4, 0.5) is 4.79 Å². The summed E-state index contributed by atoms with van der Waals surface area (Å²) >= 11 is 0. The Morgan fingerprint density at radius 2 is 1.63 bits per heavy atom. The lowest BCUT2D eigenvalue weighted by atomic mass is 9.82. The van der Waals surface area contributed by atoms with E-state index in [4.69, 9.17) is 9.47 Å². The van der Waals surface area contributed by atoms with Gasteiger partial charge in [0.2, 0.25) is 5.91 Å². The van der Waals surface area contributed by atoms with Crippen molar-refractivity contribution in [1.29, 1.82) is 0 Å². The van der Waals surface area contributed by atoms with Crippen molar-refractivity contribution in [2.24, 2.45) is 5.92 Å². The van der Waals surface area contributed by atoms with Crippen molar-refractivity contribution >= 4 is 18.0 Å². The molecule has 1 saturated carbocycles. The molecule has 35 heavy (non-hydrogen) atoms. The Balaban J connectivity index is 1.37. The standard InChI is InChI=1S/C27H32N2O6/c1-34-16-24(26(32)28-23-13-7-2-8-17(23)14-25(30)31)29-27(33)35-15-22-20-11-5-3-9-18(20)19-10-4-6-12-21(19)22/h3-6,9-12,17,22-24H,2,7-8,13-16H2,1H3,(H,28,32)(H,29,33)(H,30,31)/t17-,23-,24-/m0/s1. The Kier molecular flexibility index (Phi) is 8.02. The Labute approximate surface area is 205 Å². The van der Waals surface area contributed by atoms with Crippen LogP contribution in [0.25, 0.3) is 11.1 Å². The number of amides is 2. The van der Waals surface area contributed by atoms with Gasteiger partial charge in [-0.3, -0.25) is 9.59 Å². The molecule has 1 fully saturated rings. The van der Waals surface area contributed by atoms with Gasteiger partial charge in [-0.1, -0.05) is 61.4 Å². The minimum atomic E-state index is -0.942. The first-order valence-electron chi connectivity index (χ1n) is 12.1. The van der Waals surface area contributed by atoms with Crippen LogP contribution in [-0.2, 0) is 19.1 Å². The second kappa shape index (κ2) is 11.4. The molecule has 3 atom stereocenters. The van der Waals surface area contributed by atoms with Crippen molar-refractivity contribution in [2.75, 3.05) is 20.3 Å². The second-order valence-corrected chi connectivity index (χ2v) is 9.24. The normalized spacial score (nSPS) is 19.8. The summed E-state index contributed by atoms with van der Waals surface area (Å²) in [6, 6.07) is 15.0. The molecule has 4 rings (SSSR count). The average molecular weight is 481 g/mol. The number of alkyl carbamates (subject to hydrolysis) is 1. The highest BCUT2D eigenvalue weighted by atomic mass is 16.5. The number of nitrogens with one attached hydrogen (secondary N) is 2. The number of rotatable bonds is 9. The van der Waals surface area contributed by atoms with Gasteiger partial charge in [-0.25, -0.2) is 4.79 Å². The van der Waals surface area contributed by atoms with Crippen LogP contribution < -0.4 is 10.6 Å². The molecule has 0 heterocycles. The number of hydrogen-bond acceptors (Lipinski definition) is 5. The molecular weight excluding hydrogens is 448 g/mol. The number of ether oxygens (including phenoxy) is 2. The fourth-order valence-corrected chi connectivity index (χ4v) is 5.28. The predicted octanol–water partition coefficient (Wildman–Crippen LogP) is 3.69. The van der Waals surface area contributed by atoms with E-state index < -0.39 is 24.0 Å². The fraction of sp³-hybridized carbons (Fsp3) is 0.444. The molecule has 0 unspecified atom stereocenters. The number of benzene rings is 2. The molecule has 0 aromatic heterocycles. The number of aliphatic carboxylic acids is 1. The summed E-state index contributed by atoms with van der Waals surface area (Å²) in [5.74, 6) is -1.48. The molecule has 8 heteroatoms. The third kappa shape index (κ3) is 5.82. The number of methoxy groups -OCH3 is 1. The van der Waals surface area contributed by atoms with Gasteiger partial charge >= 0.3 is 12.1 Å². The Bertz CT molecular complexity index is 1030. The van der Waals surface area contributed by atoms with Crippen molar-refractivity contribution < 1.29 is 29.0 Å². The van der Waals surface area contributed by atoms with Crippen LogP contribution in [0, 0.1) is 5.92 Å². The lowest BCUT2D eigenvalue weighted by molar-refractivity contribution is -0.139. The lowest BCUT2D eigenvalue weighted by Gasteiger charge is -2.32. The SMILES string of the molecule is COC[C@H](NC(=O)OCC1c2ccccc2-c2ccccc21)C(=O)N[C@H]1CCCC[C@H]1CC(=O)O. The van der Waals surface area contributed by atoms with E-state index in [1.165, 1.54) is 7.11 Å². The summed E-state index contributed by atoms with van der Waals surface area (Å²) in [6.45, 7) is 0.122. The highest BCUT2D eigenvalue weighted by Gasteiger charge is 2.32. The maximum atomic E-state index is 12.9. The van der Waals surface area contributed by atoms with Crippen LogP contribution >= 0.6 is 0 Å². The van der Waals surface area contributed by atoms with Gasteiger partial charge in [0.15, 0.2) is 0 Å². The summed E-state index contributed by atoms with van der Waals surface area (Å²) < 4.78 is 10.7. The van der Waals surface area contributed by atoms with Gasteiger partial charge in [0.1, 0.15) is 12.6 Å². The van der Waals surface area contributed by atoms with Crippen LogP contribution in [0.15, 0.2) is 48.5 Å². The summed E-state index contributed by atoms with van der Waals surface area (Å²) in [7, 11) is 1.45. The van der Waals surface area contributed by atoms with Gasteiger partial charge in [0, 0.05) is 19.1 Å². The molecule has 2 aliphatic carbocycles. The van der Waals surface area contributed by atoms with Gasteiger partial charge in [0.05, 0.1) is 13.0 Å². The maximum Gasteiger partial charge on any atom is 0.407 e. The van der Waals surface area contributed by atoms with E-state index in [1.807, 2.05) is 36.4 Å². The van der Waals surface area contributed by atoms with Crippen LogP contribution in [0.5, 0.6) is 0 Å². The van der Waals surface area contributed by atoms with Crippen molar-refractivity contribution in [3.8, 4) is 11.1 Å². The van der Waals surface area contributed by atoms with E-state index in [0.29, 0.717) is 6.42 Å². The first-order chi connectivity index (χ1) is 17.0. The topological polar surface area (TPSA) is 114 Å². The zero-order valence-electron chi connectivity index (χ0n) is 19.9. The lowest BCUT2D eigenvalue weighted by Crippen LogP contribution is -2.54. The average Bonchev–Trinajstić information content (AvgIpc) is 3.17. The van der Waals surface area contributed by atoms with Crippen LogP contribution in [0.1, 0.15) is 49.1 Å². The van der Waals surface area contributed by atoms with E-state index in [1.54, 1.807) is 0 Å². The molecule has 0 bridgehead atoms. The quantitative estimate of drug-likeness (QED) is 0.504. The molecule has 0 saturated heterocycles. The molecule has 2 aliphatic rings. The smallest absolute Gasteiger partial charge is 0.407 e. The van der Waals surface area contributed by atoms with Gasteiger partial charge in [-0.15, -0.1) is 0 Å². The highest BCUT2D eigenvalue weighted by molar-refractivity contribution is 5.86. The summed E-state index contributed by atoms with van der Waals surface area (Å²) in [6.07, 6.45) is 2.66. The zero-order valence-corrected chi connectivity index (χ0v) is 19.9. The van der Waals surface area contributed by atoms with E-state index in [2.05, 4.69) is 22.8 Å². The number of hydrogen-bond donors (Lipinski definition) is 3. The Morgan fingerprint density at radius 1 is 1.00 bits per heavy atom. The maximum absolute atomic E-state index is 12.9. The molecule has 0 aliphatic heterocycles. The summed E-state index contributed by atoms with van der Waals surface area (Å²) in [4.78, 5) is 36.8. The third-order valence-corrected chi connectivity index (χ3v) is 6.96. The zero-order chi connectivity index (χ0) is 24.8. The largest absolute Gasteiger partial charge is 0.481 e. The monoisotopic (exact) mass is 480 g/mol. The van der Waals surface area contributed by atoms with E-state index in [9.17, 15) is 19.5 Å². The third-order valence-electron chi connectivity index (χ3n) is 6.96. The second-order valence-electron chi connectivity index (χ2n) is 9.24. The van der Waals surface area contributed by atoms with Crippen LogP contribution in [0.2, 0.25) is 0 Å². The molecule has 8 nitrogen and oxygen atoms in total. The number of carboxylic acid groups (broad SMARTS) is 1. The number of carbonyl (C=O) groups is 3. The van der Waals surface area contributed by atoms with E-state index in [-0.39, 0.29) is 37.5 Å². The highest BCUT2D eigenvalue weighted by Crippen LogP contribution is 2.44. The minimum Gasteiger partial charge on any atom is -0.481 e. The molecule has 2 aromatic carbocycles. The molecule has 0 radical (unpaired) electrons. The Hall–Kier alpha value is -3.39. The van der Waals surface area contributed by atoms with E-state index in [0.717, 1.165) is 41.5 Å².